The highest BCUT2D eigenvalue weighted by Gasteiger charge is 2.08. The molecule has 0 atom stereocenters. The van der Waals surface area contributed by atoms with Gasteiger partial charge in [0, 0.05) is 24.8 Å². The van der Waals surface area contributed by atoms with Crippen LogP contribution < -0.4 is 5.32 Å². The summed E-state index contributed by atoms with van der Waals surface area (Å²) in [5, 5.41) is 2.77. The zero-order valence-corrected chi connectivity index (χ0v) is 11.5. The normalized spacial score (nSPS) is 9.79. The van der Waals surface area contributed by atoms with Crippen molar-refractivity contribution in [3.63, 3.8) is 0 Å². The van der Waals surface area contributed by atoms with Gasteiger partial charge in [0.1, 0.15) is 0 Å². The summed E-state index contributed by atoms with van der Waals surface area (Å²) in [4.78, 5) is 24.8. The number of hydrogen-bond acceptors (Lipinski definition) is 2. The molecule has 0 aliphatic carbocycles. The Morgan fingerprint density at radius 2 is 2.16 bits per heavy atom. The lowest BCUT2D eigenvalue weighted by Crippen LogP contribution is -2.32. The van der Waals surface area contributed by atoms with E-state index in [0.29, 0.717) is 17.8 Å². The molecule has 1 rings (SSSR count). The molecule has 1 aromatic rings. The fraction of sp³-hybridized carbons (Fsp3) is 0.333. The standard InChI is InChI=1S/C15H20N2O2/c1-4-5-6-10-17(3)15(19)16-14-9-7-8-13(11-14)12(2)18/h4,7-9,11H,1,5-6,10H2,2-3H3,(H,16,19). The van der Waals surface area contributed by atoms with E-state index in [1.807, 2.05) is 6.08 Å². The zero-order valence-electron chi connectivity index (χ0n) is 11.5. The van der Waals surface area contributed by atoms with Gasteiger partial charge in [0.25, 0.3) is 0 Å². The summed E-state index contributed by atoms with van der Waals surface area (Å²) in [5.74, 6) is -0.0181. The fourth-order valence-corrected chi connectivity index (χ4v) is 1.61. The van der Waals surface area contributed by atoms with E-state index < -0.39 is 0 Å². The number of anilines is 1. The number of nitrogens with one attached hydrogen (secondary N) is 1. The minimum absolute atomic E-state index is 0.0181. The number of allylic oxidation sites excluding steroid dienone is 1. The number of carbonyl (C=O) groups excluding carboxylic acids is 2. The minimum atomic E-state index is -0.176. The molecule has 4 nitrogen and oxygen atoms in total. The van der Waals surface area contributed by atoms with Crippen molar-refractivity contribution < 1.29 is 9.59 Å². The number of hydrogen-bond donors (Lipinski definition) is 1. The Hall–Kier alpha value is -2.10. The van der Waals surface area contributed by atoms with Gasteiger partial charge in [-0.15, -0.1) is 6.58 Å². The number of carbonyl (C=O) groups is 2. The number of Topliss-reactive ketones (excluding diaryl/α,β-unsaturated/α-hetero) is 1. The van der Waals surface area contributed by atoms with Gasteiger partial charge in [0.2, 0.25) is 0 Å². The molecule has 2 amide bonds. The first-order chi connectivity index (χ1) is 9.04. The van der Waals surface area contributed by atoms with E-state index in [1.165, 1.54) is 6.92 Å². The van der Waals surface area contributed by atoms with Crippen LogP contribution in [0.2, 0.25) is 0 Å². The lowest BCUT2D eigenvalue weighted by Gasteiger charge is -2.17. The summed E-state index contributed by atoms with van der Waals surface area (Å²) in [6.45, 7) is 5.82. The highest BCUT2D eigenvalue weighted by Crippen LogP contribution is 2.11. The first-order valence-electron chi connectivity index (χ1n) is 6.28. The number of amides is 2. The summed E-state index contributed by atoms with van der Waals surface area (Å²) < 4.78 is 0. The molecule has 0 saturated heterocycles. The van der Waals surface area contributed by atoms with E-state index in [0.717, 1.165) is 12.8 Å². The van der Waals surface area contributed by atoms with E-state index in [-0.39, 0.29) is 11.8 Å². The number of rotatable bonds is 6. The van der Waals surface area contributed by atoms with E-state index in [9.17, 15) is 9.59 Å². The number of unbranched alkanes of at least 4 members (excludes halogenated alkanes) is 1. The van der Waals surface area contributed by atoms with E-state index in [4.69, 9.17) is 0 Å². The largest absolute Gasteiger partial charge is 0.328 e. The maximum Gasteiger partial charge on any atom is 0.321 e. The van der Waals surface area contributed by atoms with Crippen LogP contribution in [0.15, 0.2) is 36.9 Å². The van der Waals surface area contributed by atoms with Crippen LogP contribution in [-0.2, 0) is 0 Å². The summed E-state index contributed by atoms with van der Waals surface area (Å²) in [6, 6.07) is 6.75. The third-order valence-corrected chi connectivity index (χ3v) is 2.77. The summed E-state index contributed by atoms with van der Waals surface area (Å²) in [5.41, 5.74) is 1.22. The quantitative estimate of drug-likeness (QED) is 0.484. The SMILES string of the molecule is C=CCCCN(C)C(=O)Nc1cccc(C(C)=O)c1. The van der Waals surface area contributed by atoms with Gasteiger partial charge in [-0.3, -0.25) is 4.79 Å². The average molecular weight is 260 g/mol. The fourth-order valence-electron chi connectivity index (χ4n) is 1.61. The van der Waals surface area contributed by atoms with E-state index >= 15 is 0 Å². The maximum atomic E-state index is 11.9. The number of nitrogens with zero attached hydrogens (tertiary/aromatic N) is 1. The molecule has 19 heavy (non-hydrogen) atoms. The Morgan fingerprint density at radius 1 is 1.42 bits per heavy atom. The Kier molecular flexibility index (Phi) is 5.79. The average Bonchev–Trinajstić information content (AvgIpc) is 2.39. The van der Waals surface area contributed by atoms with Crippen molar-refractivity contribution in [2.75, 3.05) is 18.9 Å². The van der Waals surface area contributed by atoms with Crippen molar-refractivity contribution in [2.24, 2.45) is 0 Å². The first-order valence-corrected chi connectivity index (χ1v) is 6.28. The predicted molar refractivity (Wildman–Crippen MR) is 77.5 cm³/mol. The van der Waals surface area contributed by atoms with Crippen LogP contribution in [0.3, 0.4) is 0 Å². The van der Waals surface area contributed by atoms with Crippen LogP contribution in [0.5, 0.6) is 0 Å². The van der Waals surface area contributed by atoms with E-state index in [1.54, 1.807) is 36.2 Å². The maximum absolute atomic E-state index is 11.9. The molecule has 0 spiro atoms. The third kappa shape index (κ3) is 4.95. The summed E-state index contributed by atoms with van der Waals surface area (Å²) in [7, 11) is 1.74. The topological polar surface area (TPSA) is 49.4 Å². The lowest BCUT2D eigenvalue weighted by molar-refractivity contribution is 0.101. The van der Waals surface area contributed by atoms with Gasteiger partial charge in [-0.25, -0.2) is 4.79 Å². The van der Waals surface area contributed by atoms with Crippen LogP contribution in [0, 0.1) is 0 Å². The second-order valence-corrected chi connectivity index (χ2v) is 4.42. The van der Waals surface area contributed by atoms with Gasteiger partial charge in [0.15, 0.2) is 5.78 Å². The van der Waals surface area contributed by atoms with Crippen molar-refractivity contribution in [3.05, 3.63) is 42.5 Å². The van der Waals surface area contributed by atoms with Crippen molar-refractivity contribution >= 4 is 17.5 Å². The van der Waals surface area contributed by atoms with Crippen molar-refractivity contribution in [2.45, 2.75) is 19.8 Å². The Balaban J connectivity index is 2.58. The molecule has 0 aliphatic rings. The van der Waals surface area contributed by atoms with Crippen LogP contribution in [0.4, 0.5) is 10.5 Å². The van der Waals surface area contributed by atoms with Crippen LogP contribution in [0.25, 0.3) is 0 Å². The van der Waals surface area contributed by atoms with E-state index in [2.05, 4.69) is 11.9 Å². The molecule has 1 aromatic carbocycles. The molecule has 0 saturated carbocycles. The van der Waals surface area contributed by atoms with Crippen molar-refractivity contribution in [1.29, 1.82) is 0 Å². The molecule has 102 valence electrons. The molecule has 4 heteroatoms. The molecule has 0 bridgehead atoms. The van der Waals surface area contributed by atoms with Crippen LogP contribution >= 0.6 is 0 Å². The Morgan fingerprint density at radius 3 is 2.79 bits per heavy atom. The molecule has 0 unspecified atom stereocenters. The lowest BCUT2D eigenvalue weighted by atomic mass is 10.1. The smallest absolute Gasteiger partial charge is 0.321 e. The van der Waals surface area contributed by atoms with Gasteiger partial charge in [-0.2, -0.15) is 0 Å². The van der Waals surface area contributed by atoms with Gasteiger partial charge in [-0.1, -0.05) is 18.2 Å². The van der Waals surface area contributed by atoms with Gasteiger partial charge >= 0.3 is 6.03 Å². The first kappa shape index (κ1) is 15.0. The molecule has 0 radical (unpaired) electrons. The number of ketones is 1. The Bertz CT molecular complexity index is 469. The van der Waals surface area contributed by atoms with Crippen molar-refractivity contribution in [1.82, 2.24) is 4.90 Å². The van der Waals surface area contributed by atoms with Gasteiger partial charge < -0.3 is 10.2 Å². The third-order valence-electron chi connectivity index (χ3n) is 2.77. The molecule has 1 N–H and O–H groups in total. The highest BCUT2D eigenvalue weighted by atomic mass is 16.2. The highest BCUT2D eigenvalue weighted by molar-refractivity contribution is 5.96. The summed E-state index contributed by atoms with van der Waals surface area (Å²) in [6.07, 6.45) is 3.61. The molecular formula is C15H20N2O2. The minimum Gasteiger partial charge on any atom is -0.328 e. The molecular weight excluding hydrogens is 240 g/mol. The zero-order chi connectivity index (χ0) is 14.3. The summed E-state index contributed by atoms with van der Waals surface area (Å²) >= 11 is 0. The molecule has 0 fully saturated rings. The molecule has 0 heterocycles. The van der Waals surface area contributed by atoms with Gasteiger partial charge in [0.05, 0.1) is 0 Å². The van der Waals surface area contributed by atoms with Crippen LogP contribution in [0.1, 0.15) is 30.1 Å². The second kappa shape index (κ2) is 7.36. The molecule has 0 aromatic heterocycles. The number of benzene rings is 1. The monoisotopic (exact) mass is 260 g/mol. The second-order valence-electron chi connectivity index (χ2n) is 4.42. The van der Waals surface area contributed by atoms with Gasteiger partial charge in [-0.05, 0) is 31.9 Å². The molecule has 0 aliphatic heterocycles. The Labute approximate surface area is 114 Å². The number of urea groups is 1. The predicted octanol–water partition coefficient (Wildman–Crippen LogP) is 3.32. The van der Waals surface area contributed by atoms with Crippen LogP contribution in [-0.4, -0.2) is 30.3 Å². The van der Waals surface area contributed by atoms with Crippen molar-refractivity contribution in [3.8, 4) is 0 Å².